The molecule has 4 nitrogen and oxygen atoms in total. The topological polar surface area (TPSA) is 58.6 Å². The van der Waals surface area contributed by atoms with Gasteiger partial charge < -0.3 is 15.2 Å². The molecule has 0 fully saturated rings. The summed E-state index contributed by atoms with van der Waals surface area (Å²) in [5.41, 5.74) is 1.36. The lowest BCUT2D eigenvalue weighted by atomic mass is 10.1. The number of carbonyl (C=O) groups excluding carboxylic acids is 1. The van der Waals surface area contributed by atoms with Crippen molar-refractivity contribution in [1.82, 2.24) is 0 Å². The molecule has 2 rings (SSSR count). The molecule has 0 heterocycles. The van der Waals surface area contributed by atoms with Crippen molar-refractivity contribution in [1.29, 1.82) is 0 Å². The van der Waals surface area contributed by atoms with Gasteiger partial charge in [0.25, 0.3) is 5.91 Å². The lowest BCUT2D eigenvalue weighted by molar-refractivity contribution is -0.118. The number of ether oxygens (including phenoxy) is 1. The summed E-state index contributed by atoms with van der Waals surface area (Å²) >= 11 is 3.34. The minimum absolute atomic E-state index is 0.120. The molecule has 5 heteroatoms. The van der Waals surface area contributed by atoms with Crippen LogP contribution in [0.2, 0.25) is 0 Å². The van der Waals surface area contributed by atoms with Crippen LogP contribution in [0.1, 0.15) is 18.6 Å². The normalized spacial score (nSPS) is 11.8. The second-order valence-electron chi connectivity index (χ2n) is 4.56. The Balaban J connectivity index is 1.99. The highest BCUT2D eigenvalue weighted by Crippen LogP contribution is 2.28. The zero-order chi connectivity index (χ0) is 15.2. The summed E-state index contributed by atoms with van der Waals surface area (Å²) < 4.78 is 6.34. The first-order valence-electron chi connectivity index (χ1n) is 6.51. The van der Waals surface area contributed by atoms with Crippen molar-refractivity contribution in [2.24, 2.45) is 0 Å². The molecule has 0 aromatic heterocycles. The SMILES string of the molecule is C[C@@H](O)c1ccc(Br)cc1OCC(=O)Nc1ccccc1. The van der Waals surface area contributed by atoms with Crippen LogP contribution in [0.25, 0.3) is 0 Å². The summed E-state index contributed by atoms with van der Waals surface area (Å²) in [6, 6.07) is 14.5. The number of hydrogen-bond acceptors (Lipinski definition) is 3. The number of para-hydroxylation sites is 1. The Hall–Kier alpha value is -1.85. The summed E-state index contributed by atoms with van der Waals surface area (Å²) in [6.07, 6.45) is -0.662. The molecule has 0 aliphatic rings. The van der Waals surface area contributed by atoms with Gasteiger partial charge in [-0.25, -0.2) is 0 Å². The van der Waals surface area contributed by atoms with Crippen LogP contribution in [0.4, 0.5) is 5.69 Å². The minimum atomic E-state index is -0.662. The van der Waals surface area contributed by atoms with Crippen LogP contribution in [0.5, 0.6) is 5.75 Å². The van der Waals surface area contributed by atoms with E-state index in [9.17, 15) is 9.90 Å². The molecule has 0 saturated heterocycles. The van der Waals surface area contributed by atoms with E-state index in [0.717, 1.165) is 10.2 Å². The fourth-order valence-electron chi connectivity index (χ4n) is 1.84. The Morgan fingerprint density at radius 3 is 2.67 bits per heavy atom. The van der Waals surface area contributed by atoms with E-state index in [1.807, 2.05) is 24.3 Å². The Morgan fingerprint density at radius 2 is 2.00 bits per heavy atom. The van der Waals surface area contributed by atoms with Crippen molar-refractivity contribution in [2.45, 2.75) is 13.0 Å². The number of aliphatic hydroxyl groups is 1. The van der Waals surface area contributed by atoms with Crippen LogP contribution >= 0.6 is 15.9 Å². The lowest BCUT2D eigenvalue weighted by Crippen LogP contribution is -2.20. The first-order valence-corrected chi connectivity index (χ1v) is 7.31. The quantitative estimate of drug-likeness (QED) is 0.868. The number of hydrogen-bond donors (Lipinski definition) is 2. The fourth-order valence-corrected chi connectivity index (χ4v) is 2.18. The molecule has 0 bridgehead atoms. The highest BCUT2D eigenvalue weighted by Gasteiger charge is 2.11. The molecular formula is C16H16BrNO3. The summed E-state index contributed by atoms with van der Waals surface area (Å²) in [4.78, 5) is 11.8. The van der Waals surface area contributed by atoms with Gasteiger partial charge in [0, 0.05) is 15.7 Å². The number of carbonyl (C=O) groups is 1. The molecule has 0 unspecified atom stereocenters. The number of aliphatic hydroxyl groups excluding tert-OH is 1. The van der Waals surface area contributed by atoms with Gasteiger partial charge in [-0.2, -0.15) is 0 Å². The van der Waals surface area contributed by atoms with E-state index in [2.05, 4.69) is 21.2 Å². The molecule has 0 aliphatic heterocycles. The largest absolute Gasteiger partial charge is 0.483 e. The molecule has 1 amide bonds. The average Bonchev–Trinajstić information content (AvgIpc) is 2.46. The van der Waals surface area contributed by atoms with Gasteiger partial charge in [-0.1, -0.05) is 40.2 Å². The van der Waals surface area contributed by atoms with Crippen LogP contribution in [0.3, 0.4) is 0 Å². The number of halogens is 1. The zero-order valence-corrected chi connectivity index (χ0v) is 13.1. The fraction of sp³-hybridized carbons (Fsp3) is 0.188. The van der Waals surface area contributed by atoms with Crippen molar-refractivity contribution >= 4 is 27.5 Å². The van der Waals surface area contributed by atoms with Crippen molar-refractivity contribution in [3.05, 3.63) is 58.6 Å². The predicted octanol–water partition coefficient (Wildman–Crippen LogP) is 3.52. The van der Waals surface area contributed by atoms with Gasteiger partial charge in [-0.15, -0.1) is 0 Å². The molecule has 2 N–H and O–H groups in total. The Morgan fingerprint density at radius 1 is 1.29 bits per heavy atom. The molecule has 0 saturated carbocycles. The highest BCUT2D eigenvalue weighted by atomic mass is 79.9. The third-order valence-electron chi connectivity index (χ3n) is 2.84. The molecule has 0 aliphatic carbocycles. The van der Waals surface area contributed by atoms with Gasteiger partial charge in [0.05, 0.1) is 6.10 Å². The lowest BCUT2D eigenvalue weighted by Gasteiger charge is -2.14. The van der Waals surface area contributed by atoms with Gasteiger partial charge in [-0.3, -0.25) is 4.79 Å². The van der Waals surface area contributed by atoms with E-state index in [1.54, 1.807) is 31.2 Å². The standard InChI is InChI=1S/C16H16BrNO3/c1-11(19)14-8-7-12(17)9-15(14)21-10-16(20)18-13-5-3-2-4-6-13/h2-9,11,19H,10H2,1H3,(H,18,20)/t11-/m1/s1. The molecule has 0 spiro atoms. The summed E-state index contributed by atoms with van der Waals surface area (Å²) in [6.45, 7) is 1.53. The van der Waals surface area contributed by atoms with Crippen LogP contribution in [0.15, 0.2) is 53.0 Å². The highest BCUT2D eigenvalue weighted by molar-refractivity contribution is 9.10. The molecule has 2 aromatic rings. The van der Waals surface area contributed by atoms with Crippen molar-refractivity contribution in [2.75, 3.05) is 11.9 Å². The van der Waals surface area contributed by atoms with E-state index in [0.29, 0.717) is 11.3 Å². The van der Waals surface area contributed by atoms with Gasteiger partial charge >= 0.3 is 0 Å². The first kappa shape index (κ1) is 15.5. The van der Waals surface area contributed by atoms with Crippen LogP contribution < -0.4 is 10.1 Å². The van der Waals surface area contributed by atoms with Gasteiger partial charge in [0.1, 0.15) is 5.75 Å². The van der Waals surface area contributed by atoms with Gasteiger partial charge in [-0.05, 0) is 31.2 Å². The predicted molar refractivity (Wildman–Crippen MR) is 85.3 cm³/mol. The minimum Gasteiger partial charge on any atom is -0.483 e. The van der Waals surface area contributed by atoms with Crippen molar-refractivity contribution in [3.63, 3.8) is 0 Å². The number of benzene rings is 2. The summed E-state index contributed by atoms with van der Waals surface area (Å²) in [5.74, 6) is 0.236. The second-order valence-corrected chi connectivity index (χ2v) is 5.48. The third kappa shape index (κ3) is 4.58. The molecular weight excluding hydrogens is 334 g/mol. The van der Waals surface area contributed by atoms with Gasteiger partial charge in [0.15, 0.2) is 6.61 Å². The molecule has 0 radical (unpaired) electrons. The van der Waals surface area contributed by atoms with E-state index in [4.69, 9.17) is 4.74 Å². The number of amides is 1. The molecule has 110 valence electrons. The molecule has 21 heavy (non-hydrogen) atoms. The first-order chi connectivity index (χ1) is 10.1. The van der Waals surface area contributed by atoms with E-state index in [-0.39, 0.29) is 12.5 Å². The Labute approximate surface area is 131 Å². The van der Waals surface area contributed by atoms with E-state index in [1.165, 1.54) is 0 Å². The summed E-state index contributed by atoms with van der Waals surface area (Å²) in [5, 5.41) is 12.4. The number of rotatable bonds is 5. The van der Waals surface area contributed by atoms with Crippen molar-refractivity contribution < 1.29 is 14.6 Å². The maximum atomic E-state index is 11.8. The smallest absolute Gasteiger partial charge is 0.262 e. The maximum Gasteiger partial charge on any atom is 0.262 e. The third-order valence-corrected chi connectivity index (χ3v) is 3.34. The Kier molecular flexibility index (Phi) is 5.36. The van der Waals surface area contributed by atoms with E-state index >= 15 is 0 Å². The molecule has 1 atom stereocenters. The number of nitrogens with one attached hydrogen (secondary N) is 1. The van der Waals surface area contributed by atoms with Crippen molar-refractivity contribution in [3.8, 4) is 5.75 Å². The number of anilines is 1. The van der Waals surface area contributed by atoms with Gasteiger partial charge in [0.2, 0.25) is 0 Å². The Bertz CT molecular complexity index is 614. The summed E-state index contributed by atoms with van der Waals surface area (Å²) in [7, 11) is 0. The maximum absolute atomic E-state index is 11.8. The van der Waals surface area contributed by atoms with Crippen LogP contribution in [0, 0.1) is 0 Å². The van der Waals surface area contributed by atoms with Crippen LogP contribution in [-0.4, -0.2) is 17.6 Å². The molecule has 2 aromatic carbocycles. The zero-order valence-electron chi connectivity index (χ0n) is 11.5. The second kappa shape index (κ2) is 7.24. The average molecular weight is 350 g/mol. The van der Waals surface area contributed by atoms with E-state index < -0.39 is 6.10 Å². The monoisotopic (exact) mass is 349 g/mol. The van der Waals surface area contributed by atoms with Crippen LogP contribution in [-0.2, 0) is 4.79 Å².